The molecule has 6 N–H and O–H groups in total. The van der Waals surface area contributed by atoms with Gasteiger partial charge in [-0.1, -0.05) is 24.3 Å². The minimum Gasteiger partial charge on any atom is -0.387 e. The van der Waals surface area contributed by atoms with E-state index in [0.717, 1.165) is 12.8 Å². The molecular weight excluding hydrogens is 438 g/mol. The first-order valence-corrected chi connectivity index (χ1v) is 11.7. The summed E-state index contributed by atoms with van der Waals surface area (Å²) in [6.07, 6.45) is 0.0714. The molecule has 0 saturated carbocycles. The first-order chi connectivity index (χ1) is 15.3. The van der Waals surface area contributed by atoms with Crippen LogP contribution in [0.4, 0.5) is 5.82 Å². The zero-order valence-corrected chi connectivity index (χ0v) is 17.7. The summed E-state index contributed by atoms with van der Waals surface area (Å²) < 4.78 is 31.6. The van der Waals surface area contributed by atoms with Gasteiger partial charge in [-0.15, -0.1) is 0 Å². The fourth-order valence-electron chi connectivity index (χ4n) is 4.34. The van der Waals surface area contributed by atoms with Gasteiger partial charge >= 0.3 is 0 Å². The third kappa shape index (κ3) is 3.83. The molecule has 1 aliphatic heterocycles. The number of aromatic nitrogens is 4. The summed E-state index contributed by atoms with van der Waals surface area (Å²) >= 11 is 0. The van der Waals surface area contributed by atoms with Crippen molar-refractivity contribution in [3.63, 3.8) is 0 Å². The van der Waals surface area contributed by atoms with Gasteiger partial charge in [-0.3, -0.25) is 4.57 Å². The number of hydrogen-bond donors (Lipinski definition) is 5. The van der Waals surface area contributed by atoms with Gasteiger partial charge in [0.05, 0.1) is 12.4 Å². The van der Waals surface area contributed by atoms with E-state index in [2.05, 4.69) is 37.1 Å². The average molecular weight is 462 g/mol. The van der Waals surface area contributed by atoms with Gasteiger partial charge in [-0.05, 0) is 24.0 Å². The van der Waals surface area contributed by atoms with Crippen molar-refractivity contribution in [1.82, 2.24) is 24.2 Å². The molecule has 2 aromatic heterocycles. The zero-order chi connectivity index (χ0) is 22.5. The van der Waals surface area contributed by atoms with Crippen molar-refractivity contribution in [2.24, 2.45) is 5.14 Å². The van der Waals surface area contributed by atoms with E-state index in [0.29, 0.717) is 17.0 Å². The van der Waals surface area contributed by atoms with E-state index in [1.165, 1.54) is 28.3 Å². The number of ether oxygens (including phenoxy) is 1. The number of fused-ring (bicyclic) bond motifs is 2. The Hall–Kier alpha value is -2.68. The minimum atomic E-state index is -3.97. The first kappa shape index (κ1) is 21.2. The maximum absolute atomic E-state index is 11.1. The van der Waals surface area contributed by atoms with Crippen LogP contribution in [0.1, 0.15) is 29.8 Å². The molecule has 1 saturated heterocycles. The Morgan fingerprint density at radius 2 is 2.00 bits per heavy atom. The predicted molar refractivity (Wildman–Crippen MR) is 113 cm³/mol. The van der Waals surface area contributed by atoms with Crippen LogP contribution in [0.15, 0.2) is 36.9 Å². The number of nitrogens with zero attached hydrogens (tertiary/aromatic N) is 4. The molecule has 32 heavy (non-hydrogen) atoms. The van der Waals surface area contributed by atoms with Crippen LogP contribution in [-0.4, -0.2) is 63.0 Å². The van der Waals surface area contributed by atoms with Gasteiger partial charge in [0.15, 0.2) is 23.2 Å². The van der Waals surface area contributed by atoms with Gasteiger partial charge in [0.2, 0.25) is 0 Å². The minimum absolute atomic E-state index is 0.0956. The summed E-state index contributed by atoms with van der Waals surface area (Å²) in [5, 5.41) is 29.2. The zero-order valence-electron chi connectivity index (χ0n) is 16.9. The molecule has 5 atom stereocenters. The molecule has 1 aromatic carbocycles. The largest absolute Gasteiger partial charge is 0.387 e. The molecule has 1 fully saturated rings. The average Bonchev–Trinajstić information content (AvgIpc) is 3.44. The molecule has 5 rings (SSSR count). The molecular formula is C19H23N7O5S. The Morgan fingerprint density at radius 1 is 1.19 bits per heavy atom. The Labute approximate surface area is 183 Å². The fraction of sp³-hybridized carbons (Fsp3) is 0.421. The number of aryl methyl sites for hydroxylation is 1. The number of rotatable bonds is 6. The van der Waals surface area contributed by atoms with Crippen LogP contribution in [0.2, 0.25) is 0 Å². The maximum Gasteiger partial charge on any atom is 0.274 e. The molecule has 2 aliphatic rings. The number of nitrogens with one attached hydrogen (secondary N) is 2. The Kier molecular flexibility index (Phi) is 5.31. The molecule has 0 spiro atoms. The molecule has 170 valence electrons. The highest BCUT2D eigenvalue weighted by atomic mass is 32.2. The van der Waals surface area contributed by atoms with E-state index in [9.17, 15) is 18.6 Å². The lowest BCUT2D eigenvalue weighted by molar-refractivity contribution is -0.0330. The molecule has 12 nitrogen and oxygen atoms in total. The molecule has 13 heteroatoms. The quantitative estimate of drug-likeness (QED) is 0.319. The summed E-state index contributed by atoms with van der Waals surface area (Å²) in [5.74, 6) is 0.552. The van der Waals surface area contributed by atoms with Crippen LogP contribution < -0.4 is 15.2 Å². The van der Waals surface area contributed by atoms with E-state index in [1.807, 2.05) is 12.1 Å². The Balaban J connectivity index is 1.40. The van der Waals surface area contributed by atoms with E-state index in [4.69, 9.17) is 9.88 Å². The second-order valence-electron chi connectivity index (χ2n) is 7.92. The first-order valence-electron chi connectivity index (χ1n) is 10.1. The fourth-order valence-corrected chi connectivity index (χ4v) is 4.74. The Bertz CT molecular complexity index is 1250. The molecule has 3 aromatic rings. The third-order valence-corrected chi connectivity index (χ3v) is 6.47. The van der Waals surface area contributed by atoms with Gasteiger partial charge in [0.25, 0.3) is 10.2 Å². The summed E-state index contributed by atoms with van der Waals surface area (Å²) in [6, 6.07) is 8.34. The van der Waals surface area contributed by atoms with E-state index in [1.54, 1.807) is 0 Å². The van der Waals surface area contributed by atoms with Crippen molar-refractivity contribution in [1.29, 1.82) is 0 Å². The van der Waals surface area contributed by atoms with Gasteiger partial charge in [-0.2, -0.15) is 13.1 Å². The van der Waals surface area contributed by atoms with Crippen molar-refractivity contribution < 1.29 is 23.4 Å². The van der Waals surface area contributed by atoms with Crippen molar-refractivity contribution in [2.75, 3.05) is 11.9 Å². The van der Waals surface area contributed by atoms with Gasteiger partial charge < -0.3 is 20.3 Å². The number of imidazole rings is 1. The highest BCUT2D eigenvalue weighted by Gasteiger charge is 2.44. The van der Waals surface area contributed by atoms with Crippen molar-refractivity contribution in [3.8, 4) is 0 Å². The number of aliphatic hydroxyl groups excluding tert-OH is 2. The summed E-state index contributed by atoms with van der Waals surface area (Å²) in [4.78, 5) is 13.0. The van der Waals surface area contributed by atoms with Gasteiger partial charge in [0, 0.05) is 6.54 Å². The molecule has 3 heterocycles. The number of hydrogen-bond acceptors (Lipinski definition) is 9. The van der Waals surface area contributed by atoms with Crippen LogP contribution in [-0.2, 0) is 21.4 Å². The van der Waals surface area contributed by atoms with E-state index < -0.39 is 34.7 Å². The summed E-state index contributed by atoms with van der Waals surface area (Å²) in [5.41, 5.74) is 3.43. The number of benzene rings is 1. The standard InChI is InChI=1S/C19H23N7O5S/c20-32(29,30)24-7-13-15(27)16(28)19(31-13)26-9-23-14-17(21-8-22-18(14)26)25-12-6-5-10-3-1-2-4-11(10)12/h1-4,8-9,12-13,15-16,19,24,27-28H,5-7H2,(H2,20,29,30)(H,21,22,25)/t12-,13+,15+,16+,19+/m0/s1. The second kappa shape index (κ2) is 8.03. The predicted octanol–water partition coefficient (Wildman–Crippen LogP) is -0.662. The lowest BCUT2D eigenvalue weighted by atomic mass is 10.1. The normalized spacial score (nSPS) is 27.7. The van der Waals surface area contributed by atoms with Crippen LogP contribution >= 0.6 is 0 Å². The number of anilines is 1. The molecule has 0 unspecified atom stereocenters. The summed E-state index contributed by atoms with van der Waals surface area (Å²) in [6.45, 7) is -0.289. The lowest BCUT2D eigenvalue weighted by Crippen LogP contribution is -2.42. The van der Waals surface area contributed by atoms with Gasteiger partial charge in [0.1, 0.15) is 24.6 Å². The highest BCUT2D eigenvalue weighted by molar-refractivity contribution is 7.87. The lowest BCUT2D eigenvalue weighted by Gasteiger charge is -2.17. The SMILES string of the molecule is NS(=O)(=O)NC[C@H]1O[C@@H](n2cnc3c(N[C@H]4CCc5ccccc54)ncnc32)[C@H](O)[C@@H]1O. The van der Waals surface area contributed by atoms with Crippen molar-refractivity contribution >= 4 is 27.2 Å². The topological polar surface area (TPSA) is 178 Å². The molecule has 0 bridgehead atoms. The van der Waals surface area contributed by atoms with Crippen LogP contribution in [0.5, 0.6) is 0 Å². The van der Waals surface area contributed by atoms with Crippen LogP contribution in [0, 0.1) is 0 Å². The number of aliphatic hydroxyl groups is 2. The third-order valence-electron chi connectivity index (χ3n) is 5.90. The van der Waals surface area contributed by atoms with Crippen LogP contribution in [0.25, 0.3) is 11.2 Å². The smallest absolute Gasteiger partial charge is 0.274 e. The van der Waals surface area contributed by atoms with Crippen molar-refractivity contribution in [2.45, 2.75) is 43.4 Å². The van der Waals surface area contributed by atoms with Crippen LogP contribution in [0.3, 0.4) is 0 Å². The molecule has 0 radical (unpaired) electrons. The number of nitrogens with two attached hydrogens (primary N) is 1. The summed E-state index contributed by atoms with van der Waals surface area (Å²) in [7, 11) is -3.97. The molecule has 0 amide bonds. The van der Waals surface area contributed by atoms with E-state index in [-0.39, 0.29) is 12.6 Å². The monoisotopic (exact) mass is 461 g/mol. The van der Waals surface area contributed by atoms with Gasteiger partial charge in [-0.25, -0.2) is 20.1 Å². The highest BCUT2D eigenvalue weighted by Crippen LogP contribution is 2.36. The second-order valence-corrected chi connectivity index (χ2v) is 9.30. The Morgan fingerprint density at radius 3 is 2.81 bits per heavy atom. The molecule has 1 aliphatic carbocycles. The van der Waals surface area contributed by atoms with E-state index >= 15 is 0 Å². The maximum atomic E-state index is 11.1. The van der Waals surface area contributed by atoms with Crippen molar-refractivity contribution in [3.05, 3.63) is 48.0 Å².